The van der Waals surface area contributed by atoms with Gasteiger partial charge in [0.1, 0.15) is 12.5 Å². The molecule has 0 heterocycles. The Kier molecular flexibility index (Phi) is 4.21. The molecule has 0 bridgehead atoms. The van der Waals surface area contributed by atoms with Crippen LogP contribution in [0.3, 0.4) is 0 Å². The number of hydrogen-bond donors (Lipinski definition) is 1. The molecule has 15 heavy (non-hydrogen) atoms. The molecule has 0 aromatic heterocycles. The Balaban J connectivity index is 2.67. The quantitative estimate of drug-likeness (QED) is 0.818. The number of benzene rings is 1. The number of aliphatic carboxylic acids is 1. The molecule has 0 atom stereocenters. The van der Waals surface area contributed by atoms with Crippen molar-refractivity contribution in [1.29, 1.82) is 0 Å². The Bertz CT molecular complexity index is 350. The molecule has 0 radical (unpaired) electrons. The number of carboxylic acid groups (broad SMARTS) is 1. The summed E-state index contributed by atoms with van der Waals surface area (Å²) < 4.78 is 25.6. The predicted octanol–water partition coefficient (Wildman–Crippen LogP) is 2.70. The zero-order valence-electron chi connectivity index (χ0n) is 8.17. The molecular weight excluding hydrogens is 202 g/mol. The highest BCUT2D eigenvalue weighted by molar-refractivity contribution is 5.66. The maximum atomic E-state index is 13.1. The lowest BCUT2D eigenvalue weighted by Gasteiger charge is -2.06. The molecule has 82 valence electrons. The van der Waals surface area contributed by atoms with Crippen molar-refractivity contribution in [2.24, 2.45) is 0 Å². The fourth-order valence-electron chi connectivity index (χ4n) is 1.42. The minimum absolute atomic E-state index is 0.0161. The van der Waals surface area contributed by atoms with Crippen LogP contribution in [0.25, 0.3) is 0 Å². The lowest BCUT2D eigenvalue weighted by molar-refractivity contribution is -0.137. The Labute approximate surface area is 86.5 Å². The van der Waals surface area contributed by atoms with Crippen LogP contribution in [-0.2, 0) is 17.9 Å². The van der Waals surface area contributed by atoms with Gasteiger partial charge in [-0.1, -0.05) is 12.1 Å². The largest absolute Gasteiger partial charge is 0.481 e. The summed E-state index contributed by atoms with van der Waals surface area (Å²) in [6, 6.07) is 4.33. The highest BCUT2D eigenvalue weighted by Gasteiger charge is 2.08. The summed E-state index contributed by atoms with van der Waals surface area (Å²) in [5.74, 6) is -1.46. The third-order valence-electron chi connectivity index (χ3n) is 2.19. The van der Waals surface area contributed by atoms with Crippen LogP contribution in [-0.4, -0.2) is 11.1 Å². The Morgan fingerprint density at radius 2 is 2.13 bits per heavy atom. The van der Waals surface area contributed by atoms with E-state index < -0.39 is 18.5 Å². The summed E-state index contributed by atoms with van der Waals surface area (Å²) >= 11 is 0. The van der Waals surface area contributed by atoms with Crippen LogP contribution in [0.5, 0.6) is 0 Å². The fraction of sp³-hybridized carbons (Fsp3) is 0.364. The molecule has 0 fully saturated rings. The first-order chi connectivity index (χ1) is 7.15. The van der Waals surface area contributed by atoms with Gasteiger partial charge in [0.05, 0.1) is 0 Å². The first-order valence-electron chi connectivity index (χ1n) is 4.69. The van der Waals surface area contributed by atoms with Gasteiger partial charge in [-0.2, -0.15) is 0 Å². The highest BCUT2D eigenvalue weighted by Crippen LogP contribution is 2.17. The van der Waals surface area contributed by atoms with E-state index >= 15 is 0 Å². The third kappa shape index (κ3) is 3.31. The summed E-state index contributed by atoms with van der Waals surface area (Å²) in [4.78, 5) is 10.3. The van der Waals surface area contributed by atoms with Crippen LogP contribution in [0.1, 0.15) is 24.0 Å². The van der Waals surface area contributed by atoms with Crippen molar-refractivity contribution in [2.45, 2.75) is 25.9 Å². The monoisotopic (exact) mass is 214 g/mol. The maximum Gasteiger partial charge on any atom is 0.303 e. The molecule has 0 unspecified atom stereocenters. The van der Waals surface area contributed by atoms with E-state index in [0.717, 1.165) is 0 Å². The first-order valence-corrected chi connectivity index (χ1v) is 4.69. The fourth-order valence-corrected chi connectivity index (χ4v) is 1.42. The van der Waals surface area contributed by atoms with Gasteiger partial charge < -0.3 is 5.11 Å². The summed E-state index contributed by atoms with van der Waals surface area (Å²) in [5, 5.41) is 8.42. The molecular formula is C11H12F2O2. The molecule has 4 heteroatoms. The second-order valence-electron chi connectivity index (χ2n) is 3.26. The zero-order valence-corrected chi connectivity index (χ0v) is 8.17. The average molecular weight is 214 g/mol. The van der Waals surface area contributed by atoms with Crippen LogP contribution in [0, 0.1) is 5.82 Å². The van der Waals surface area contributed by atoms with E-state index in [9.17, 15) is 13.6 Å². The predicted molar refractivity (Wildman–Crippen MR) is 51.8 cm³/mol. The second kappa shape index (κ2) is 5.44. The lowest BCUT2D eigenvalue weighted by atomic mass is 10.0. The van der Waals surface area contributed by atoms with Gasteiger partial charge in [0, 0.05) is 12.0 Å². The van der Waals surface area contributed by atoms with Gasteiger partial charge in [-0.05, 0) is 24.5 Å². The summed E-state index contributed by atoms with van der Waals surface area (Å²) in [7, 11) is 0. The molecule has 1 N–H and O–H groups in total. The summed E-state index contributed by atoms with van der Waals surface area (Å²) in [6.07, 6.45) is 0.803. The molecule has 0 aliphatic carbocycles. The number of rotatable bonds is 5. The average Bonchev–Trinajstić information content (AvgIpc) is 2.17. The number of hydrogen-bond acceptors (Lipinski definition) is 1. The van der Waals surface area contributed by atoms with Crippen LogP contribution >= 0.6 is 0 Å². The zero-order chi connectivity index (χ0) is 11.3. The molecule has 2 nitrogen and oxygen atoms in total. The Morgan fingerprint density at radius 3 is 2.73 bits per heavy atom. The Morgan fingerprint density at radius 1 is 1.40 bits per heavy atom. The van der Waals surface area contributed by atoms with Crippen molar-refractivity contribution in [3.63, 3.8) is 0 Å². The van der Waals surface area contributed by atoms with Crippen LogP contribution in [0.15, 0.2) is 18.2 Å². The van der Waals surface area contributed by atoms with E-state index in [4.69, 9.17) is 5.11 Å². The summed E-state index contributed by atoms with van der Waals surface area (Å²) in [6.45, 7) is -0.852. The molecule has 1 rings (SSSR count). The minimum Gasteiger partial charge on any atom is -0.481 e. The topological polar surface area (TPSA) is 37.3 Å². The third-order valence-corrected chi connectivity index (χ3v) is 2.19. The van der Waals surface area contributed by atoms with E-state index in [0.29, 0.717) is 18.4 Å². The molecule has 1 aromatic carbocycles. The van der Waals surface area contributed by atoms with E-state index in [-0.39, 0.29) is 12.0 Å². The molecule has 0 spiro atoms. The molecule has 0 aliphatic rings. The van der Waals surface area contributed by atoms with E-state index in [2.05, 4.69) is 0 Å². The normalized spacial score (nSPS) is 10.3. The Hall–Kier alpha value is -1.45. The number of halogens is 2. The summed E-state index contributed by atoms with van der Waals surface area (Å²) in [5.41, 5.74) is 0.599. The SMILES string of the molecule is O=C(O)CCCc1cccc(F)c1CF. The number of alkyl halides is 1. The van der Waals surface area contributed by atoms with Crippen molar-refractivity contribution < 1.29 is 18.7 Å². The van der Waals surface area contributed by atoms with Crippen molar-refractivity contribution in [2.75, 3.05) is 0 Å². The van der Waals surface area contributed by atoms with E-state index in [1.807, 2.05) is 0 Å². The van der Waals surface area contributed by atoms with Crippen LogP contribution < -0.4 is 0 Å². The molecule has 0 amide bonds. The van der Waals surface area contributed by atoms with E-state index in [1.165, 1.54) is 12.1 Å². The molecule has 0 saturated heterocycles. The van der Waals surface area contributed by atoms with Gasteiger partial charge in [0.15, 0.2) is 0 Å². The van der Waals surface area contributed by atoms with Gasteiger partial charge >= 0.3 is 5.97 Å². The van der Waals surface area contributed by atoms with Gasteiger partial charge in [0.2, 0.25) is 0 Å². The first kappa shape index (κ1) is 11.6. The van der Waals surface area contributed by atoms with E-state index in [1.54, 1.807) is 6.07 Å². The van der Waals surface area contributed by atoms with Gasteiger partial charge in [-0.25, -0.2) is 8.78 Å². The lowest BCUT2D eigenvalue weighted by Crippen LogP contribution is -1.99. The number of carbonyl (C=O) groups is 1. The van der Waals surface area contributed by atoms with Crippen LogP contribution in [0.4, 0.5) is 8.78 Å². The standard InChI is InChI=1S/C11H12F2O2/c12-7-9-8(3-1-5-10(9)13)4-2-6-11(14)15/h1,3,5H,2,4,6-7H2,(H,14,15). The van der Waals surface area contributed by atoms with Crippen molar-refractivity contribution >= 4 is 5.97 Å². The van der Waals surface area contributed by atoms with Crippen molar-refractivity contribution in [3.05, 3.63) is 35.1 Å². The second-order valence-corrected chi connectivity index (χ2v) is 3.26. The number of aryl methyl sites for hydroxylation is 1. The van der Waals surface area contributed by atoms with Crippen LogP contribution in [0.2, 0.25) is 0 Å². The van der Waals surface area contributed by atoms with Crippen molar-refractivity contribution in [3.8, 4) is 0 Å². The smallest absolute Gasteiger partial charge is 0.303 e. The van der Waals surface area contributed by atoms with Gasteiger partial charge in [0.25, 0.3) is 0 Å². The minimum atomic E-state index is -0.895. The molecule has 1 aromatic rings. The maximum absolute atomic E-state index is 13.1. The molecule has 0 saturated carbocycles. The van der Waals surface area contributed by atoms with Crippen molar-refractivity contribution in [1.82, 2.24) is 0 Å². The highest BCUT2D eigenvalue weighted by atomic mass is 19.1. The molecule has 0 aliphatic heterocycles. The van der Waals surface area contributed by atoms with Gasteiger partial charge in [-0.15, -0.1) is 0 Å². The van der Waals surface area contributed by atoms with Gasteiger partial charge in [-0.3, -0.25) is 4.79 Å². The number of carboxylic acids is 1.